The van der Waals surface area contributed by atoms with Crippen LogP contribution in [0.15, 0.2) is 24.3 Å². The van der Waals surface area contributed by atoms with E-state index in [9.17, 15) is 8.42 Å². The van der Waals surface area contributed by atoms with Crippen LogP contribution in [0.2, 0.25) is 0 Å². The second-order valence-corrected chi connectivity index (χ2v) is 4.25. The van der Waals surface area contributed by atoms with Crippen molar-refractivity contribution in [1.82, 2.24) is 0 Å². The minimum absolute atomic E-state index is 0.109. The fraction of sp³-hybridized carbons (Fsp3) is 0.286. The molecule has 0 saturated heterocycles. The zero-order valence-corrected chi connectivity index (χ0v) is 7.06. The minimum atomic E-state index is -3.01. The summed E-state index contributed by atoms with van der Waals surface area (Å²) in [4.78, 5) is 0. The van der Waals surface area contributed by atoms with Gasteiger partial charge in [0.1, 0.15) is 0 Å². The van der Waals surface area contributed by atoms with Gasteiger partial charge in [-0.05, 0) is 0 Å². The van der Waals surface area contributed by atoms with Crippen LogP contribution in [0.3, 0.4) is 0 Å². The lowest BCUT2D eigenvalue weighted by molar-refractivity contribution is 0.604. The molecule has 0 spiro atoms. The fourth-order valence-electron chi connectivity index (χ4n) is 0.416. The molecule has 0 amide bonds. The third kappa shape index (κ3) is 5.37. The Morgan fingerprint density at radius 1 is 1.73 bits per heavy atom. The molecule has 0 heterocycles. The number of hydrogen-bond donors (Lipinski definition) is 0. The Hall–Kier alpha value is -1.08. The van der Waals surface area contributed by atoms with Crippen molar-refractivity contribution in [2.45, 2.75) is 0 Å². The monoisotopic (exact) mass is 171 g/mol. The number of hydrogen-bond acceptors (Lipinski definition) is 3. The number of rotatable bonds is 3. The SMILES string of the molecule is C=C/C(C#N)=C\CS(C)(=O)=O. The molecule has 0 bridgehead atoms. The van der Waals surface area contributed by atoms with Crippen molar-refractivity contribution in [3.8, 4) is 6.07 Å². The molecule has 0 aliphatic heterocycles. The molecule has 0 rings (SSSR count). The molecular formula is C7H9NO2S. The van der Waals surface area contributed by atoms with E-state index in [4.69, 9.17) is 5.26 Å². The lowest BCUT2D eigenvalue weighted by atomic mass is 10.3. The molecule has 0 atom stereocenters. The van der Waals surface area contributed by atoms with Gasteiger partial charge in [-0.2, -0.15) is 5.26 Å². The average molecular weight is 171 g/mol. The number of nitrogens with zero attached hydrogens (tertiary/aromatic N) is 1. The topological polar surface area (TPSA) is 57.9 Å². The number of nitriles is 1. The molecule has 0 aliphatic carbocycles. The zero-order chi connectivity index (χ0) is 8.91. The van der Waals surface area contributed by atoms with Crippen LogP contribution in [0.4, 0.5) is 0 Å². The Kier molecular flexibility index (Phi) is 3.55. The van der Waals surface area contributed by atoms with Crippen molar-refractivity contribution in [3.63, 3.8) is 0 Å². The Morgan fingerprint density at radius 2 is 2.27 bits per heavy atom. The van der Waals surface area contributed by atoms with Gasteiger partial charge < -0.3 is 0 Å². The van der Waals surface area contributed by atoms with Gasteiger partial charge in [-0.1, -0.05) is 18.7 Å². The second-order valence-electron chi connectivity index (χ2n) is 2.07. The molecular weight excluding hydrogens is 162 g/mol. The van der Waals surface area contributed by atoms with E-state index >= 15 is 0 Å². The summed E-state index contributed by atoms with van der Waals surface area (Å²) in [5.41, 5.74) is 0.287. The van der Waals surface area contributed by atoms with Gasteiger partial charge in [-0.15, -0.1) is 0 Å². The van der Waals surface area contributed by atoms with Gasteiger partial charge in [0.15, 0.2) is 9.84 Å². The first kappa shape index (κ1) is 9.92. The number of allylic oxidation sites excluding steroid dienone is 2. The first-order chi connectivity index (χ1) is 4.99. The van der Waals surface area contributed by atoms with E-state index in [0.29, 0.717) is 0 Å². The molecule has 60 valence electrons. The summed E-state index contributed by atoms with van der Waals surface area (Å²) in [6, 6.07) is 1.80. The van der Waals surface area contributed by atoms with Gasteiger partial charge >= 0.3 is 0 Å². The van der Waals surface area contributed by atoms with Gasteiger partial charge in [-0.3, -0.25) is 0 Å². The van der Waals surface area contributed by atoms with Crippen LogP contribution in [-0.2, 0) is 9.84 Å². The summed E-state index contributed by atoms with van der Waals surface area (Å²) >= 11 is 0. The van der Waals surface area contributed by atoms with E-state index in [0.717, 1.165) is 6.26 Å². The van der Waals surface area contributed by atoms with Gasteiger partial charge in [0.2, 0.25) is 0 Å². The van der Waals surface area contributed by atoms with E-state index in [2.05, 4.69) is 6.58 Å². The van der Waals surface area contributed by atoms with Crippen molar-refractivity contribution in [2.24, 2.45) is 0 Å². The lowest BCUT2D eigenvalue weighted by Crippen LogP contribution is -1.99. The molecule has 0 aromatic rings. The van der Waals surface area contributed by atoms with E-state index in [-0.39, 0.29) is 11.3 Å². The molecule has 0 aromatic carbocycles. The molecule has 0 saturated carbocycles. The van der Waals surface area contributed by atoms with E-state index < -0.39 is 9.84 Å². The summed E-state index contributed by atoms with van der Waals surface area (Å²) < 4.78 is 21.2. The quantitative estimate of drug-likeness (QED) is 0.463. The van der Waals surface area contributed by atoms with Crippen LogP contribution in [0, 0.1) is 11.3 Å². The predicted molar refractivity (Wildman–Crippen MR) is 43.6 cm³/mol. The third-order valence-electron chi connectivity index (χ3n) is 0.955. The molecule has 0 aliphatic rings. The Balaban J connectivity index is 4.38. The number of sulfone groups is 1. The van der Waals surface area contributed by atoms with E-state index in [1.54, 1.807) is 6.07 Å². The highest BCUT2D eigenvalue weighted by molar-refractivity contribution is 7.90. The summed E-state index contributed by atoms with van der Waals surface area (Å²) in [6.07, 6.45) is 3.77. The molecule has 4 heteroatoms. The maximum atomic E-state index is 10.6. The highest BCUT2D eigenvalue weighted by Crippen LogP contribution is 1.94. The third-order valence-corrected chi connectivity index (χ3v) is 1.73. The summed E-state index contributed by atoms with van der Waals surface area (Å²) in [6.45, 7) is 3.35. The van der Waals surface area contributed by atoms with Gasteiger partial charge in [0.05, 0.1) is 11.8 Å². The molecule has 0 radical (unpaired) electrons. The molecule has 0 aromatic heterocycles. The van der Waals surface area contributed by atoms with Gasteiger partial charge in [-0.25, -0.2) is 8.42 Å². The summed E-state index contributed by atoms with van der Waals surface area (Å²) in [7, 11) is -3.01. The van der Waals surface area contributed by atoms with Crippen molar-refractivity contribution >= 4 is 9.84 Å². The van der Waals surface area contributed by atoms with Crippen molar-refractivity contribution in [2.75, 3.05) is 12.0 Å². The van der Waals surface area contributed by atoms with Crippen LogP contribution in [0.5, 0.6) is 0 Å². The zero-order valence-electron chi connectivity index (χ0n) is 6.24. The minimum Gasteiger partial charge on any atom is -0.229 e. The average Bonchev–Trinajstić information content (AvgIpc) is 1.88. The standard InChI is InChI=1S/C7H9NO2S/c1-3-7(6-8)4-5-11(2,9)10/h3-4H,1,5H2,2H3/b7-4+. The molecule has 0 fully saturated rings. The molecule has 11 heavy (non-hydrogen) atoms. The smallest absolute Gasteiger partial charge is 0.151 e. The highest BCUT2D eigenvalue weighted by atomic mass is 32.2. The largest absolute Gasteiger partial charge is 0.229 e. The highest BCUT2D eigenvalue weighted by Gasteiger charge is 1.98. The molecule has 0 N–H and O–H groups in total. The predicted octanol–water partition coefficient (Wildman–Crippen LogP) is 0.667. The van der Waals surface area contributed by atoms with Gasteiger partial charge in [0, 0.05) is 11.8 Å². The van der Waals surface area contributed by atoms with Crippen LogP contribution in [0.25, 0.3) is 0 Å². The fourth-order valence-corrected chi connectivity index (χ4v) is 0.898. The van der Waals surface area contributed by atoms with E-state index in [1.165, 1.54) is 12.2 Å². The van der Waals surface area contributed by atoms with Gasteiger partial charge in [0.25, 0.3) is 0 Å². The second kappa shape index (κ2) is 3.94. The van der Waals surface area contributed by atoms with Crippen molar-refractivity contribution < 1.29 is 8.42 Å². The Labute approximate surface area is 66.6 Å². The first-order valence-corrected chi connectivity index (χ1v) is 4.96. The van der Waals surface area contributed by atoms with Crippen LogP contribution < -0.4 is 0 Å². The van der Waals surface area contributed by atoms with Crippen molar-refractivity contribution in [1.29, 1.82) is 5.26 Å². The van der Waals surface area contributed by atoms with E-state index in [1.807, 2.05) is 0 Å². The Bertz CT molecular complexity index is 306. The maximum Gasteiger partial charge on any atom is 0.151 e. The summed E-state index contributed by atoms with van der Waals surface area (Å²) in [5.74, 6) is -0.109. The van der Waals surface area contributed by atoms with Crippen LogP contribution in [0.1, 0.15) is 0 Å². The summed E-state index contributed by atoms with van der Waals surface area (Å²) in [5, 5.41) is 8.34. The first-order valence-electron chi connectivity index (χ1n) is 2.90. The lowest BCUT2D eigenvalue weighted by Gasteiger charge is -1.89. The molecule has 0 unspecified atom stereocenters. The van der Waals surface area contributed by atoms with Crippen LogP contribution in [-0.4, -0.2) is 20.4 Å². The molecule has 3 nitrogen and oxygen atoms in total. The normalized spacial score (nSPS) is 12.2. The maximum absolute atomic E-state index is 10.6. The Morgan fingerprint density at radius 3 is 2.55 bits per heavy atom. The van der Waals surface area contributed by atoms with Crippen LogP contribution >= 0.6 is 0 Å². The van der Waals surface area contributed by atoms with Crippen molar-refractivity contribution in [3.05, 3.63) is 24.3 Å².